The van der Waals surface area contributed by atoms with Gasteiger partial charge in [-0.3, -0.25) is 0 Å². The number of aryl methyl sites for hydroxylation is 1. The molecule has 3 rings (SSSR count). The highest BCUT2D eigenvalue weighted by molar-refractivity contribution is 5.88. The van der Waals surface area contributed by atoms with Crippen molar-refractivity contribution in [1.29, 1.82) is 0 Å². The standard InChI is InChI=1S/C21H24/c1-5-9-17-10-6-7-11-19(17)20-13-8-12-18-15(3)14(2)16(4)21(18)20/h6-8,10-13,15H,5,9H2,1-4H3. The van der Waals surface area contributed by atoms with Crippen molar-refractivity contribution in [2.24, 2.45) is 0 Å². The van der Waals surface area contributed by atoms with E-state index in [0.29, 0.717) is 5.92 Å². The molecule has 2 aromatic carbocycles. The summed E-state index contributed by atoms with van der Waals surface area (Å²) in [5, 5.41) is 0. The molecule has 2 aromatic rings. The van der Waals surface area contributed by atoms with Gasteiger partial charge in [-0.2, -0.15) is 0 Å². The Balaban J connectivity index is 2.23. The Labute approximate surface area is 128 Å². The summed E-state index contributed by atoms with van der Waals surface area (Å²) in [6.07, 6.45) is 2.34. The SMILES string of the molecule is CCCc1ccccc1-c1cccc2c1C(C)=C(C)C2C. The summed E-state index contributed by atoms with van der Waals surface area (Å²) in [5.74, 6) is 0.554. The van der Waals surface area contributed by atoms with Crippen LogP contribution in [-0.4, -0.2) is 0 Å². The molecule has 1 aliphatic rings. The average molecular weight is 276 g/mol. The smallest absolute Gasteiger partial charge is 0.00292 e. The van der Waals surface area contributed by atoms with E-state index in [-0.39, 0.29) is 0 Å². The molecule has 108 valence electrons. The molecule has 0 radical (unpaired) electrons. The van der Waals surface area contributed by atoms with Gasteiger partial charge in [0.2, 0.25) is 0 Å². The van der Waals surface area contributed by atoms with E-state index in [2.05, 4.69) is 70.2 Å². The highest BCUT2D eigenvalue weighted by atomic mass is 14.3. The fourth-order valence-corrected chi connectivity index (χ4v) is 3.60. The summed E-state index contributed by atoms with van der Waals surface area (Å²) in [6.45, 7) is 9.14. The zero-order valence-corrected chi connectivity index (χ0v) is 13.5. The van der Waals surface area contributed by atoms with E-state index < -0.39 is 0 Å². The lowest BCUT2D eigenvalue weighted by Gasteiger charge is -2.15. The summed E-state index contributed by atoms with van der Waals surface area (Å²) in [6, 6.07) is 15.7. The second-order valence-electron chi connectivity index (χ2n) is 6.21. The van der Waals surface area contributed by atoms with Crippen LogP contribution in [0.2, 0.25) is 0 Å². The van der Waals surface area contributed by atoms with Crippen LogP contribution < -0.4 is 0 Å². The minimum absolute atomic E-state index is 0.554. The van der Waals surface area contributed by atoms with Crippen molar-refractivity contribution in [1.82, 2.24) is 0 Å². The maximum Gasteiger partial charge on any atom is 0.00292 e. The summed E-state index contributed by atoms with van der Waals surface area (Å²) >= 11 is 0. The first-order chi connectivity index (χ1) is 10.1. The Bertz CT molecular complexity index is 704. The van der Waals surface area contributed by atoms with E-state index in [0.717, 1.165) is 6.42 Å². The van der Waals surface area contributed by atoms with Gasteiger partial charge >= 0.3 is 0 Å². The van der Waals surface area contributed by atoms with Crippen LogP contribution in [0.15, 0.2) is 48.0 Å². The molecule has 0 aliphatic heterocycles. The fraction of sp³-hybridized carbons (Fsp3) is 0.333. The first-order valence-corrected chi connectivity index (χ1v) is 8.04. The minimum atomic E-state index is 0.554. The van der Waals surface area contributed by atoms with Crippen LogP contribution in [0, 0.1) is 0 Å². The molecule has 0 spiro atoms. The summed E-state index contributed by atoms with van der Waals surface area (Å²) in [5.41, 5.74) is 10.3. The van der Waals surface area contributed by atoms with Gasteiger partial charge in [0.1, 0.15) is 0 Å². The fourth-order valence-electron chi connectivity index (χ4n) is 3.60. The number of fused-ring (bicyclic) bond motifs is 1. The lowest BCUT2D eigenvalue weighted by molar-refractivity contribution is 0.918. The number of hydrogen-bond acceptors (Lipinski definition) is 0. The molecule has 1 atom stereocenters. The third kappa shape index (κ3) is 2.23. The molecule has 0 saturated carbocycles. The van der Waals surface area contributed by atoms with Gasteiger partial charge < -0.3 is 0 Å². The van der Waals surface area contributed by atoms with Crippen LogP contribution in [0.3, 0.4) is 0 Å². The Morgan fingerprint density at radius 3 is 2.38 bits per heavy atom. The Morgan fingerprint density at radius 1 is 0.905 bits per heavy atom. The van der Waals surface area contributed by atoms with Crippen LogP contribution >= 0.6 is 0 Å². The van der Waals surface area contributed by atoms with Crippen molar-refractivity contribution in [3.05, 3.63) is 64.7 Å². The van der Waals surface area contributed by atoms with E-state index in [1.54, 1.807) is 0 Å². The maximum absolute atomic E-state index is 2.33. The Kier molecular flexibility index (Phi) is 3.71. The number of allylic oxidation sites excluding steroid dienone is 2. The number of hydrogen-bond donors (Lipinski definition) is 0. The predicted octanol–water partition coefficient (Wildman–Crippen LogP) is 6.22. The lowest BCUT2D eigenvalue weighted by Crippen LogP contribution is -1.95. The van der Waals surface area contributed by atoms with Crippen LogP contribution in [0.4, 0.5) is 0 Å². The number of rotatable bonds is 3. The van der Waals surface area contributed by atoms with E-state index in [9.17, 15) is 0 Å². The third-order valence-corrected chi connectivity index (χ3v) is 5.01. The Morgan fingerprint density at radius 2 is 1.62 bits per heavy atom. The Hall–Kier alpha value is -1.82. The molecule has 1 unspecified atom stereocenters. The van der Waals surface area contributed by atoms with Crippen LogP contribution in [-0.2, 0) is 6.42 Å². The van der Waals surface area contributed by atoms with Gasteiger partial charge in [-0.15, -0.1) is 0 Å². The predicted molar refractivity (Wildman–Crippen MR) is 92.6 cm³/mol. The molecule has 0 amide bonds. The molecule has 0 aromatic heterocycles. The van der Waals surface area contributed by atoms with Crippen molar-refractivity contribution in [3.63, 3.8) is 0 Å². The van der Waals surface area contributed by atoms with E-state index in [1.165, 1.54) is 45.4 Å². The van der Waals surface area contributed by atoms with E-state index in [4.69, 9.17) is 0 Å². The van der Waals surface area contributed by atoms with E-state index in [1.807, 2.05) is 0 Å². The largest absolute Gasteiger partial charge is 0.0651 e. The summed E-state index contributed by atoms with van der Waals surface area (Å²) < 4.78 is 0. The molecule has 0 nitrogen and oxygen atoms in total. The highest BCUT2D eigenvalue weighted by Crippen LogP contribution is 2.45. The molecule has 1 aliphatic carbocycles. The highest BCUT2D eigenvalue weighted by Gasteiger charge is 2.25. The first-order valence-electron chi connectivity index (χ1n) is 8.04. The molecular formula is C21H24. The monoisotopic (exact) mass is 276 g/mol. The van der Waals surface area contributed by atoms with Gasteiger partial charge in [0.05, 0.1) is 0 Å². The minimum Gasteiger partial charge on any atom is -0.0651 e. The molecule has 0 heteroatoms. The molecule has 21 heavy (non-hydrogen) atoms. The second-order valence-corrected chi connectivity index (χ2v) is 6.21. The van der Waals surface area contributed by atoms with Gasteiger partial charge in [0.15, 0.2) is 0 Å². The molecule has 0 saturated heterocycles. The number of benzene rings is 2. The van der Waals surface area contributed by atoms with Crippen molar-refractivity contribution >= 4 is 5.57 Å². The zero-order chi connectivity index (χ0) is 15.0. The van der Waals surface area contributed by atoms with Crippen LogP contribution in [0.25, 0.3) is 16.7 Å². The third-order valence-electron chi connectivity index (χ3n) is 5.01. The quantitative estimate of drug-likeness (QED) is 0.624. The van der Waals surface area contributed by atoms with Gasteiger partial charge in [0.25, 0.3) is 0 Å². The van der Waals surface area contributed by atoms with Gasteiger partial charge in [-0.1, -0.05) is 68.3 Å². The van der Waals surface area contributed by atoms with Gasteiger partial charge in [-0.25, -0.2) is 0 Å². The molecule has 0 bridgehead atoms. The van der Waals surface area contributed by atoms with Gasteiger partial charge in [-0.05, 0) is 53.7 Å². The lowest BCUT2D eigenvalue weighted by atomic mass is 9.89. The van der Waals surface area contributed by atoms with Gasteiger partial charge in [0, 0.05) is 5.92 Å². The summed E-state index contributed by atoms with van der Waals surface area (Å²) in [7, 11) is 0. The maximum atomic E-state index is 2.33. The molecule has 0 N–H and O–H groups in total. The van der Waals surface area contributed by atoms with Crippen LogP contribution in [0.1, 0.15) is 56.7 Å². The topological polar surface area (TPSA) is 0 Å². The zero-order valence-electron chi connectivity index (χ0n) is 13.5. The summed E-state index contributed by atoms with van der Waals surface area (Å²) in [4.78, 5) is 0. The van der Waals surface area contributed by atoms with Crippen LogP contribution in [0.5, 0.6) is 0 Å². The second kappa shape index (κ2) is 5.52. The van der Waals surface area contributed by atoms with Crippen molar-refractivity contribution in [3.8, 4) is 11.1 Å². The molecular weight excluding hydrogens is 252 g/mol. The van der Waals surface area contributed by atoms with Crippen molar-refractivity contribution in [2.45, 2.75) is 46.5 Å². The normalized spacial score (nSPS) is 17.2. The van der Waals surface area contributed by atoms with Crippen molar-refractivity contribution in [2.75, 3.05) is 0 Å². The average Bonchev–Trinajstić information content (AvgIpc) is 2.73. The first kappa shape index (κ1) is 14.1. The molecule has 0 fully saturated rings. The van der Waals surface area contributed by atoms with Crippen molar-refractivity contribution < 1.29 is 0 Å². The molecule has 0 heterocycles. The van der Waals surface area contributed by atoms with E-state index >= 15 is 0 Å².